The van der Waals surface area contributed by atoms with E-state index in [1.54, 1.807) is 25.2 Å². The van der Waals surface area contributed by atoms with Gasteiger partial charge in [0, 0.05) is 13.5 Å². The Balaban J connectivity index is 1.95. The number of anilines is 1. The van der Waals surface area contributed by atoms with Crippen molar-refractivity contribution < 1.29 is 14.0 Å². The van der Waals surface area contributed by atoms with Crippen molar-refractivity contribution in [2.24, 2.45) is 7.05 Å². The molecule has 0 radical (unpaired) electrons. The second kappa shape index (κ2) is 4.52. The zero-order valence-electron chi connectivity index (χ0n) is 10.8. The summed E-state index contributed by atoms with van der Waals surface area (Å²) in [6, 6.07) is 4.75. The van der Waals surface area contributed by atoms with Crippen molar-refractivity contribution in [3.05, 3.63) is 28.7 Å². The highest BCUT2D eigenvalue weighted by Gasteiger charge is 2.27. The molecular formula is C13H13N3O4. The summed E-state index contributed by atoms with van der Waals surface area (Å²) in [7, 11) is 1.62. The number of carbonyl (C=O) groups is 2. The van der Waals surface area contributed by atoms with Crippen LogP contribution in [0.5, 0.6) is 0 Å². The minimum Gasteiger partial charge on any atom is -0.405 e. The van der Waals surface area contributed by atoms with Gasteiger partial charge in [-0.3, -0.25) is 19.5 Å². The van der Waals surface area contributed by atoms with E-state index in [9.17, 15) is 14.4 Å². The average molecular weight is 275 g/mol. The van der Waals surface area contributed by atoms with Gasteiger partial charge in [-0.15, -0.1) is 0 Å². The number of imide groups is 1. The lowest BCUT2D eigenvalue weighted by molar-refractivity contribution is -0.133. The van der Waals surface area contributed by atoms with Crippen molar-refractivity contribution >= 4 is 28.6 Å². The lowest BCUT2D eigenvalue weighted by Gasteiger charge is -2.22. The minimum atomic E-state index is -0.510. The minimum absolute atomic E-state index is 0.266. The molecule has 1 atom stereocenters. The van der Waals surface area contributed by atoms with Crippen LogP contribution in [0, 0.1) is 0 Å². The third-order valence-electron chi connectivity index (χ3n) is 3.39. The van der Waals surface area contributed by atoms with Gasteiger partial charge in [0.05, 0.1) is 11.2 Å². The Morgan fingerprint density at radius 3 is 2.90 bits per heavy atom. The SMILES string of the molecule is Cn1c(=O)oc2c(NC3CCC(=O)NC3=O)cccc21. The number of aromatic nitrogens is 1. The van der Waals surface area contributed by atoms with Crippen LogP contribution >= 0.6 is 0 Å². The van der Waals surface area contributed by atoms with Gasteiger partial charge >= 0.3 is 5.76 Å². The van der Waals surface area contributed by atoms with E-state index >= 15 is 0 Å². The van der Waals surface area contributed by atoms with Gasteiger partial charge in [-0.1, -0.05) is 6.07 Å². The smallest absolute Gasteiger partial charge is 0.405 e. The van der Waals surface area contributed by atoms with Crippen molar-refractivity contribution in [3.8, 4) is 0 Å². The van der Waals surface area contributed by atoms with Crippen LogP contribution in [0.3, 0.4) is 0 Å². The maximum Gasteiger partial charge on any atom is 0.419 e. The molecule has 0 saturated carbocycles. The molecular weight excluding hydrogens is 262 g/mol. The van der Waals surface area contributed by atoms with E-state index in [-0.39, 0.29) is 18.2 Å². The summed E-state index contributed by atoms with van der Waals surface area (Å²) < 4.78 is 6.57. The fourth-order valence-corrected chi connectivity index (χ4v) is 2.28. The lowest BCUT2D eigenvalue weighted by Crippen LogP contribution is -2.47. The van der Waals surface area contributed by atoms with Gasteiger partial charge in [0.1, 0.15) is 6.04 Å². The zero-order chi connectivity index (χ0) is 14.3. The average Bonchev–Trinajstić information content (AvgIpc) is 2.70. The molecule has 104 valence electrons. The second-order valence-electron chi connectivity index (χ2n) is 4.73. The summed E-state index contributed by atoms with van der Waals surface area (Å²) in [6.07, 6.45) is 0.705. The third kappa shape index (κ3) is 1.97. The van der Waals surface area contributed by atoms with Crippen LogP contribution in [-0.4, -0.2) is 22.4 Å². The first-order valence-electron chi connectivity index (χ1n) is 6.25. The fraction of sp³-hybridized carbons (Fsp3) is 0.308. The molecule has 3 rings (SSSR count). The molecule has 1 saturated heterocycles. The van der Waals surface area contributed by atoms with Crippen LogP contribution in [0.15, 0.2) is 27.4 Å². The van der Waals surface area contributed by atoms with Crippen molar-refractivity contribution in [2.45, 2.75) is 18.9 Å². The van der Waals surface area contributed by atoms with Gasteiger partial charge in [0.2, 0.25) is 11.8 Å². The molecule has 1 aliphatic rings. The number of hydrogen-bond acceptors (Lipinski definition) is 5. The predicted molar refractivity (Wildman–Crippen MR) is 71.2 cm³/mol. The number of nitrogens with zero attached hydrogens (tertiary/aromatic N) is 1. The maximum absolute atomic E-state index is 11.7. The third-order valence-corrected chi connectivity index (χ3v) is 3.39. The number of nitrogens with one attached hydrogen (secondary N) is 2. The monoisotopic (exact) mass is 275 g/mol. The molecule has 0 aliphatic carbocycles. The molecule has 2 N–H and O–H groups in total. The van der Waals surface area contributed by atoms with Crippen LogP contribution in [0.25, 0.3) is 11.1 Å². The maximum atomic E-state index is 11.7. The molecule has 1 unspecified atom stereocenters. The van der Waals surface area contributed by atoms with Crippen molar-refractivity contribution in [1.29, 1.82) is 0 Å². The first-order chi connectivity index (χ1) is 9.56. The number of piperidine rings is 1. The first-order valence-corrected chi connectivity index (χ1v) is 6.25. The summed E-state index contributed by atoms with van der Waals surface area (Å²) in [5.74, 6) is -1.09. The molecule has 2 heterocycles. The highest BCUT2D eigenvalue weighted by molar-refractivity contribution is 6.02. The quantitative estimate of drug-likeness (QED) is 0.771. The van der Waals surface area contributed by atoms with Gasteiger partial charge < -0.3 is 9.73 Å². The van der Waals surface area contributed by atoms with Gasteiger partial charge in [0.25, 0.3) is 0 Å². The topological polar surface area (TPSA) is 93.3 Å². The highest BCUT2D eigenvalue weighted by atomic mass is 16.4. The Kier molecular flexibility index (Phi) is 2.81. The van der Waals surface area contributed by atoms with E-state index in [1.165, 1.54) is 4.57 Å². The Bertz CT molecular complexity index is 759. The lowest BCUT2D eigenvalue weighted by atomic mass is 10.1. The molecule has 7 heteroatoms. The van der Waals surface area contributed by atoms with Gasteiger partial charge in [0.15, 0.2) is 5.58 Å². The Labute approximate surface area is 113 Å². The summed E-state index contributed by atoms with van der Waals surface area (Å²) in [6.45, 7) is 0. The van der Waals surface area contributed by atoms with E-state index in [1.807, 2.05) is 0 Å². The van der Waals surface area contributed by atoms with Crippen molar-refractivity contribution in [1.82, 2.24) is 9.88 Å². The van der Waals surface area contributed by atoms with E-state index in [0.717, 1.165) is 0 Å². The number of carbonyl (C=O) groups excluding carboxylic acids is 2. The Morgan fingerprint density at radius 1 is 1.35 bits per heavy atom. The van der Waals surface area contributed by atoms with Crippen LogP contribution in [0.1, 0.15) is 12.8 Å². The van der Waals surface area contributed by atoms with Crippen LogP contribution in [-0.2, 0) is 16.6 Å². The van der Waals surface area contributed by atoms with E-state index in [0.29, 0.717) is 23.2 Å². The van der Waals surface area contributed by atoms with Crippen LogP contribution < -0.4 is 16.4 Å². The van der Waals surface area contributed by atoms with Crippen molar-refractivity contribution in [3.63, 3.8) is 0 Å². The summed E-state index contributed by atoms with van der Waals surface area (Å²) in [4.78, 5) is 34.4. The molecule has 2 amide bonds. The fourth-order valence-electron chi connectivity index (χ4n) is 2.28. The van der Waals surface area contributed by atoms with Gasteiger partial charge in [-0.2, -0.15) is 0 Å². The van der Waals surface area contributed by atoms with Crippen LogP contribution in [0.2, 0.25) is 0 Å². The second-order valence-corrected chi connectivity index (χ2v) is 4.73. The standard InChI is InChI=1S/C13H13N3O4/c1-16-9-4-2-3-7(11(9)20-13(16)19)14-8-5-6-10(17)15-12(8)18/h2-4,8,14H,5-6H2,1H3,(H,15,17,18). The number of benzene rings is 1. The number of rotatable bonds is 2. The molecule has 20 heavy (non-hydrogen) atoms. The number of aryl methyl sites for hydroxylation is 1. The normalized spacial score (nSPS) is 19.1. The summed E-state index contributed by atoms with van der Waals surface area (Å²) in [5.41, 5.74) is 1.62. The Hall–Kier alpha value is -2.57. The number of amides is 2. The molecule has 1 fully saturated rings. The van der Waals surface area contributed by atoms with Gasteiger partial charge in [-0.25, -0.2) is 4.79 Å². The highest BCUT2D eigenvalue weighted by Crippen LogP contribution is 2.23. The number of oxazole rings is 1. The molecule has 7 nitrogen and oxygen atoms in total. The van der Waals surface area contributed by atoms with E-state index in [2.05, 4.69) is 10.6 Å². The summed E-state index contributed by atoms with van der Waals surface area (Å²) >= 11 is 0. The molecule has 1 aromatic carbocycles. The summed E-state index contributed by atoms with van der Waals surface area (Å²) in [5, 5.41) is 5.30. The molecule has 2 aromatic rings. The zero-order valence-corrected chi connectivity index (χ0v) is 10.8. The van der Waals surface area contributed by atoms with E-state index in [4.69, 9.17) is 4.42 Å². The number of fused-ring (bicyclic) bond motifs is 1. The molecule has 1 aromatic heterocycles. The first kappa shape index (κ1) is 12.5. The largest absolute Gasteiger partial charge is 0.419 e. The molecule has 0 spiro atoms. The van der Waals surface area contributed by atoms with E-state index < -0.39 is 11.8 Å². The van der Waals surface area contributed by atoms with Crippen molar-refractivity contribution in [2.75, 3.05) is 5.32 Å². The molecule has 0 bridgehead atoms. The van der Waals surface area contributed by atoms with Gasteiger partial charge in [-0.05, 0) is 18.6 Å². The van der Waals surface area contributed by atoms with Crippen LogP contribution in [0.4, 0.5) is 5.69 Å². The Morgan fingerprint density at radius 2 is 2.15 bits per heavy atom. The number of para-hydroxylation sites is 1. The number of hydrogen-bond donors (Lipinski definition) is 2. The predicted octanol–water partition coefficient (Wildman–Crippen LogP) is 0.349. The molecule has 1 aliphatic heterocycles.